The zero-order valence-electron chi connectivity index (χ0n) is 15.5. The number of nitrogens with zero attached hydrogens (tertiary/aromatic N) is 2. The van der Waals surface area contributed by atoms with Gasteiger partial charge in [-0.3, -0.25) is 4.79 Å². The highest BCUT2D eigenvalue weighted by atomic mass is 16.5. The number of methoxy groups -OCH3 is 1. The van der Waals surface area contributed by atoms with E-state index in [1.54, 1.807) is 7.11 Å². The van der Waals surface area contributed by atoms with E-state index in [0.29, 0.717) is 13.1 Å². The number of amides is 1. The maximum Gasteiger partial charge on any atom is 0.227 e. The monoisotopic (exact) mass is 353 g/mol. The molecule has 2 aromatic rings. The predicted octanol–water partition coefficient (Wildman–Crippen LogP) is 2.68. The smallest absolute Gasteiger partial charge is 0.227 e. The van der Waals surface area contributed by atoms with E-state index in [-0.39, 0.29) is 17.9 Å². The standard InChI is InChI=1S/C21H27N3O2/c1-16(20(22)17-7-4-3-5-8-17)21(25)24-13-11-23(12-14-24)18-9-6-10-19(15-18)26-2/h3-10,15-16,20H,11-14,22H2,1-2H3. The van der Waals surface area contributed by atoms with Gasteiger partial charge in [-0.2, -0.15) is 0 Å². The summed E-state index contributed by atoms with van der Waals surface area (Å²) in [6.45, 7) is 4.97. The van der Waals surface area contributed by atoms with E-state index < -0.39 is 0 Å². The number of ether oxygens (including phenoxy) is 1. The van der Waals surface area contributed by atoms with E-state index in [4.69, 9.17) is 10.5 Å². The summed E-state index contributed by atoms with van der Waals surface area (Å²) in [4.78, 5) is 17.1. The molecular weight excluding hydrogens is 326 g/mol. The number of nitrogens with two attached hydrogens (primary N) is 1. The number of hydrogen-bond acceptors (Lipinski definition) is 4. The van der Waals surface area contributed by atoms with Crippen LogP contribution in [0.5, 0.6) is 5.75 Å². The van der Waals surface area contributed by atoms with E-state index >= 15 is 0 Å². The van der Waals surface area contributed by atoms with Gasteiger partial charge in [0.05, 0.1) is 13.0 Å². The largest absolute Gasteiger partial charge is 0.497 e. The van der Waals surface area contributed by atoms with Crippen molar-refractivity contribution >= 4 is 11.6 Å². The van der Waals surface area contributed by atoms with Crippen LogP contribution >= 0.6 is 0 Å². The van der Waals surface area contributed by atoms with Gasteiger partial charge in [-0.15, -0.1) is 0 Å². The summed E-state index contributed by atoms with van der Waals surface area (Å²) in [6.07, 6.45) is 0. The molecule has 26 heavy (non-hydrogen) atoms. The van der Waals surface area contributed by atoms with Crippen LogP contribution in [0.3, 0.4) is 0 Å². The third-order valence-corrected chi connectivity index (χ3v) is 5.12. The Morgan fingerprint density at radius 3 is 2.38 bits per heavy atom. The highest BCUT2D eigenvalue weighted by molar-refractivity contribution is 5.79. The van der Waals surface area contributed by atoms with Crippen molar-refractivity contribution in [1.82, 2.24) is 4.90 Å². The number of piperazine rings is 1. The van der Waals surface area contributed by atoms with Crippen molar-refractivity contribution in [3.8, 4) is 5.75 Å². The summed E-state index contributed by atoms with van der Waals surface area (Å²) in [5.74, 6) is 0.746. The molecule has 2 aromatic carbocycles. The summed E-state index contributed by atoms with van der Waals surface area (Å²) in [5, 5.41) is 0. The molecule has 1 aliphatic heterocycles. The topological polar surface area (TPSA) is 58.8 Å². The van der Waals surface area contributed by atoms with Crippen LogP contribution in [-0.2, 0) is 4.79 Å². The zero-order chi connectivity index (χ0) is 18.5. The van der Waals surface area contributed by atoms with E-state index in [9.17, 15) is 4.79 Å². The lowest BCUT2D eigenvalue weighted by Gasteiger charge is -2.38. The van der Waals surface area contributed by atoms with Gasteiger partial charge in [-0.1, -0.05) is 43.3 Å². The number of carbonyl (C=O) groups is 1. The Morgan fingerprint density at radius 1 is 1.04 bits per heavy atom. The van der Waals surface area contributed by atoms with Gasteiger partial charge in [0.2, 0.25) is 5.91 Å². The van der Waals surface area contributed by atoms with Crippen molar-refractivity contribution in [1.29, 1.82) is 0 Å². The Labute approximate surface area is 155 Å². The lowest BCUT2D eigenvalue weighted by atomic mass is 9.94. The van der Waals surface area contributed by atoms with Crippen LogP contribution in [0, 0.1) is 5.92 Å². The van der Waals surface area contributed by atoms with Gasteiger partial charge in [0.25, 0.3) is 0 Å². The molecule has 2 unspecified atom stereocenters. The van der Waals surface area contributed by atoms with Crippen LogP contribution < -0.4 is 15.4 Å². The third kappa shape index (κ3) is 3.99. The minimum atomic E-state index is -0.278. The fourth-order valence-electron chi connectivity index (χ4n) is 3.40. The quantitative estimate of drug-likeness (QED) is 0.898. The van der Waals surface area contributed by atoms with Crippen LogP contribution in [-0.4, -0.2) is 44.1 Å². The number of rotatable bonds is 5. The molecule has 5 nitrogen and oxygen atoms in total. The predicted molar refractivity (Wildman–Crippen MR) is 104 cm³/mol. The lowest BCUT2D eigenvalue weighted by molar-refractivity contribution is -0.136. The highest BCUT2D eigenvalue weighted by Crippen LogP contribution is 2.24. The molecule has 0 bridgehead atoms. The molecule has 2 N–H and O–H groups in total. The second-order valence-corrected chi connectivity index (χ2v) is 6.74. The van der Waals surface area contributed by atoms with Crippen molar-refractivity contribution in [2.24, 2.45) is 11.7 Å². The number of anilines is 1. The van der Waals surface area contributed by atoms with Crippen molar-refractivity contribution in [3.05, 3.63) is 60.2 Å². The van der Waals surface area contributed by atoms with E-state index in [0.717, 1.165) is 30.1 Å². The van der Waals surface area contributed by atoms with Crippen LogP contribution in [0.2, 0.25) is 0 Å². The molecule has 1 amide bonds. The van der Waals surface area contributed by atoms with Gasteiger partial charge in [0.15, 0.2) is 0 Å². The fraction of sp³-hybridized carbons (Fsp3) is 0.381. The Bertz CT molecular complexity index is 727. The Hall–Kier alpha value is -2.53. The van der Waals surface area contributed by atoms with Gasteiger partial charge in [0, 0.05) is 44.0 Å². The normalized spacial score (nSPS) is 16.9. The first-order valence-electron chi connectivity index (χ1n) is 9.08. The molecule has 3 rings (SSSR count). The van der Waals surface area contributed by atoms with Gasteiger partial charge >= 0.3 is 0 Å². The maximum absolute atomic E-state index is 12.9. The molecular formula is C21H27N3O2. The number of benzene rings is 2. The summed E-state index contributed by atoms with van der Waals surface area (Å²) in [7, 11) is 1.67. The van der Waals surface area contributed by atoms with Gasteiger partial charge < -0.3 is 20.3 Å². The lowest BCUT2D eigenvalue weighted by Crippen LogP contribution is -2.51. The minimum Gasteiger partial charge on any atom is -0.497 e. The Morgan fingerprint density at radius 2 is 1.73 bits per heavy atom. The second kappa shape index (κ2) is 8.23. The average Bonchev–Trinajstić information content (AvgIpc) is 2.73. The molecule has 1 fully saturated rings. The molecule has 0 spiro atoms. The molecule has 0 aromatic heterocycles. The molecule has 2 atom stereocenters. The first-order valence-corrected chi connectivity index (χ1v) is 9.08. The zero-order valence-corrected chi connectivity index (χ0v) is 15.5. The number of hydrogen-bond donors (Lipinski definition) is 1. The van der Waals surface area contributed by atoms with Gasteiger partial charge in [-0.05, 0) is 17.7 Å². The highest BCUT2D eigenvalue weighted by Gasteiger charge is 2.29. The fourth-order valence-corrected chi connectivity index (χ4v) is 3.40. The molecule has 1 heterocycles. The summed E-state index contributed by atoms with van der Waals surface area (Å²) in [6, 6.07) is 17.6. The van der Waals surface area contributed by atoms with E-state index in [1.165, 1.54) is 0 Å². The molecule has 1 aliphatic rings. The number of carbonyl (C=O) groups excluding carboxylic acids is 1. The molecule has 0 radical (unpaired) electrons. The van der Waals surface area contributed by atoms with Crippen LogP contribution in [0.4, 0.5) is 5.69 Å². The molecule has 0 saturated carbocycles. The molecule has 0 aliphatic carbocycles. The van der Waals surface area contributed by atoms with Crippen molar-refractivity contribution in [3.63, 3.8) is 0 Å². The van der Waals surface area contributed by atoms with Crippen LogP contribution in [0.1, 0.15) is 18.5 Å². The Kier molecular flexibility index (Phi) is 5.78. The van der Waals surface area contributed by atoms with E-state index in [1.807, 2.05) is 60.4 Å². The summed E-state index contributed by atoms with van der Waals surface area (Å²) < 4.78 is 5.30. The third-order valence-electron chi connectivity index (χ3n) is 5.12. The average molecular weight is 353 g/mol. The first kappa shape index (κ1) is 18.3. The molecule has 138 valence electrons. The van der Waals surface area contributed by atoms with Crippen molar-refractivity contribution < 1.29 is 9.53 Å². The minimum absolute atomic E-state index is 0.131. The van der Waals surface area contributed by atoms with E-state index in [2.05, 4.69) is 11.0 Å². The van der Waals surface area contributed by atoms with Crippen molar-refractivity contribution in [2.45, 2.75) is 13.0 Å². The first-order chi connectivity index (χ1) is 12.6. The van der Waals surface area contributed by atoms with Gasteiger partial charge in [0.1, 0.15) is 5.75 Å². The van der Waals surface area contributed by atoms with Crippen LogP contribution in [0.25, 0.3) is 0 Å². The molecule has 5 heteroatoms. The van der Waals surface area contributed by atoms with Crippen LogP contribution in [0.15, 0.2) is 54.6 Å². The second-order valence-electron chi connectivity index (χ2n) is 6.74. The summed E-state index contributed by atoms with van der Waals surface area (Å²) >= 11 is 0. The molecule has 1 saturated heterocycles. The van der Waals surface area contributed by atoms with Gasteiger partial charge in [-0.25, -0.2) is 0 Å². The maximum atomic E-state index is 12.9. The summed E-state index contributed by atoms with van der Waals surface area (Å²) in [5.41, 5.74) is 8.46. The van der Waals surface area contributed by atoms with Crippen molar-refractivity contribution in [2.75, 3.05) is 38.2 Å². The SMILES string of the molecule is COc1cccc(N2CCN(C(=O)C(C)C(N)c3ccccc3)CC2)c1. The Balaban J connectivity index is 1.59.